The van der Waals surface area contributed by atoms with Crippen molar-refractivity contribution in [3.05, 3.63) is 52.0 Å². The van der Waals surface area contributed by atoms with E-state index in [-0.39, 0.29) is 19.0 Å². The van der Waals surface area contributed by atoms with Gasteiger partial charge in [0.2, 0.25) is 5.75 Å². The third-order valence-electron chi connectivity index (χ3n) is 3.39. The Morgan fingerprint density at radius 3 is 2.00 bits per heavy atom. The van der Waals surface area contributed by atoms with Gasteiger partial charge < -0.3 is 18.9 Å². The van der Waals surface area contributed by atoms with Gasteiger partial charge in [0.25, 0.3) is 0 Å². The number of carbonyl (C=O) groups is 1. The van der Waals surface area contributed by atoms with Crippen LogP contribution in [-0.4, -0.2) is 27.3 Å². The van der Waals surface area contributed by atoms with Crippen molar-refractivity contribution in [2.24, 2.45) is 0 Å². The lowest BCUT2D eigenvalue weighted by atomic mass is 10.1. The predicted molar refractivity (Wildman–Crippen MR) is 93.7 cm³/mol. The molecule has 0 spiro atoms. The highest BCUT2D eigenvalue weighted by molar-refractivity contribution is 9.10. The van der Waals surface area contributed by atoms with Crippen molar-refractivity contribution in [1.29, 1.82) is 0 Å². The molecule has 0 fully saturated rings. The Bertz CT molecular complexity index is 672. The number of carbonyl (C=O) groups excluding carboxylic acids is 1. The van der Waals surface area contributed by atoms with Gasteiger partial charge in [-0.2, -0.15) is 0 Å². The minimum absolute atomic E-state index is 0.118. The van der Waals surface area contributed by atoms with Crippen molar-refractivity contribution in [2.75, 3.05) is 21.3 Å². The number of rotatable bonds is 7. The minimum Gasteiger partial charge on any atom is -0.493 e. The van der Waals surface area contributed by atoms with Gasteiger partial charge in [-0.25, -0.2) is 0 Å². The molecule has 0 N–H and O–H groups in total. The quantitative estimate of drug-likeness (QED) is 0.669. The second kappa shape index (κ2) is 8.59. The van der Waals surface area contributed by atoms with Gasteiger partial charge in [-0.3, -0.25) is 4.79 Å². The second-order valence-corrected chi connectivity index (χ2v) is 5.91. The molecule has 0 bridgehead atoms. The monoisotopic (exact) mass is 394 g/mol. The molecular weight excluding hydrogens is 376 g/mol. The van der Waals surface area contributed by atoms with Crippen LogP contribution in [-0.2, 0) is 22.6 Å². The molecule has 0 aliphatic carbocycles. The average molecular weight is 395 g/mol. The Morgan fingerprint density at radius 2 is 1.50 bits per heavy atom. The van der Waals surface area contributed by atoms with Crippen LogP contribution in [0.5, 0.6) is 17.2 Å². The van der Waals surface area contributed by atoms with Gasteiger partial charge in [0, 0.05) is 4.47 Å². The highest BCUT2D eigenvalue weighted by Gasteiger charge is 2.15. The maximum absolute atomic E-state index is 12.1. The van der Waals surface area contributed by atoms with Crippen LogP contribution in [0, 0.1) is 0 Å². The summed E-state index contributed by atoms with van der Waals surface area (Å²) in [5, 5.41) is 0. The van der Waals surface area contributed by atoms with Gasteiger partial charge in [-0.15, -0.1) is 0 Å². The fourth-order valence-electron chi connectivity index (χ4n) is 2.20. The first kappa shape index (κ1) is 18.1. The van der Waals surface area contributed by atoms with E-state index in [1.165, 1.54) is 21.3 Å². The standard InChI is InChI=1S/C18H19BrO5/c1-21-15-8-13(9-16(22-2)18(15)23-3)10-17(20)24-11-12-4-6-14(19)7-5-12/h4-9H,10-11H2,1-3H3. The van der Waals surface area contributed by atoms with Crippen LogP contribution in [0.4, 0.5) is 0 Å². The molecule has 24 heavy (non-hydrogen) atoms. The van der Waals surface area contributed by atoms with Crippen LogP contribution in [0.15, 0.2) is 40.9 Å². The first-order chi connectivity index (χ1) is 11.6. The van der Waals surface area contributed by atoms with E-state index in [0.717, 1.165) is 15.6 Å². The molecule has 2 aromatic carbocycles. The summed E-state index contributed by atoms with van der Waals surface area (Å²) in [6.07, 6.45) is 0.118. The van der Waals surface area contributed by atoms with E-state index >= 15 is 0 Å². The third kappa shape index (κ3) is 4.64. The molecule has 0 saturated heterocycles. The number of benzene rings is 2. The number of methoxy groups -OCH3 is 3. The van der Waals surface area contributed by atoms with Crippen LogP contribution in [0.1, 0.15) is 11.1 Å². The minimum atomic E-state index is -0.327. The molecule has 0 aliphatic heterocycles. The van der Waals surface area contributed by atoms with E-state index in [4.69, 9.17) is 18.9 Å². The van der Waals surface area contributed by atoms with E-state index in [1.54, 1.807) is 12.1 Å². The molecule has 0 aliphatic rings. The van der Waals surface area contributed by atoms with Crippen LogP contribution < -0.4 is 14.2 Å². The van der Waals surface area contributed by atoms with Gasteiger partial charge in [0.1, 0.15) is 6.61 Å². The summed E-state index contributed by atoms with van der Waals surface area (Å²) in [6.45, 7) is 0.233. The van der Waals surface area contributed by atoms with Crippen molar-refractivity contribution in [3.63, 3.8) is 0 Å². The molecule has 0 amide bonds. The zero-order valence-electron chi connectivity index (χ0n) is 13.8. The maximum atomic E-state index is 12.1. The zero-order valence-corrected chi connectivity index (χ0v) is 15.4. The number of ether oxygens (including phenoxy) is 4. The van der Waals surface area contributed by atoms with Crippen molar-refractivity contribution >= 4 is 21.9 Å². The Hall–Kier alpha value is -2.21. The Balaban J connectivity index is 2.04. The molecule has 0 atom stereocenters. The Morgan fingerprint density at radius 1 is 0.917 bits per heavy atom. The van der Waals surface area contributed by atoms with Crippen molar-refractivity contribution in [2.45, 2.75) is 13.0 Å². The first-order valence-corrected chi connectivity index (χ1v) is 8.05. The maximum Gasteiger partial charge on any atom is 0.310 e. The fourth-order valence-corrected chi connectivity index (χ4v) is 2.46. The lowest BCUT2D eigenvalue weighted by molar-refractivity contribution is -0.144. The second-order valence-electron chi connectivity index (χ2n) is 5.00. The summed E-state index contributed by atoms with van der Waals surface area (Å²) < 4.78 is 22.1. The summed E-state index contributed by atoms with van der Waals surface area (Å²) in [5.74, 6) is 1.18. The average Bonchev–Trinajstić information content (AvgIpc) is 2.60. The Labute approximate surface area is 149 Å². The molecule has 2 aromatic rings. The molecule has 0 aromatic heterocycles. The number of halogens is 1. The van der Waals surface area contributed by atoms with E-state index in [0.29, 0.717) is 17.2 Å². The van der Waals surface area contributed by atoms with E-state index in [1.807, 2.05) is 24.3 Å². The van der Waals surface area contributed by atoms with Crippen LogP contribution in [0.25, 0.3) is 0 Å². The molecule has 5 nitrogen and oxygen atoms in total. The lowest BCUT2D eigenvalue weighted by Crippen LogP contribution is -2.08. The summed E-state index contributed by atoms with van der Waals surface area (Å²) >= 11 is 3.37. The molecule has 6 heteroatoms. The topological polar surface area (TPSA) is 54.0 Å². The zero-order chi connectivity index (χ0) is 17.5. The van der Waals surface area contributed by atoms with E-state index in [9.17, 15) is 4.79 Å². The number of esters is 1. The summed E-state index contributed by atoms with van der Waals surface area (Å²) in [4.78, 5) is 12.1. The van der Waals surface area contributed by atoms with Crippen molar-refractivity contribution in [3.8, 4) is 17.2 Å². The highest BCUT2D eigenvalue weighted by Crippen LogP contribution is 2.38. The highest BCUT2D eigenvalue weighted by atomic mass is 79.9. The van der Waals surface area contributed by atoms with Gasteiger partial charge in [0.05, 0.1) is 27.8 Å². The van der Waals surface area contributed by atoms with Crippen molar-refractivity contribution < 1.29 is 23.7 Å². The van der Waals surface area contributed by atoms with Gasteiger partial charge in [0.15, 0.2) is 11.5 Å². The molecular formula is C18H19BrO5. The summed E-state index contributed by atoms with van der Waals surface area (Å²) in [7, 11) is 4.60. The van der Waals surface area contributed by atoms with Gasteiger partial charge >= 0.3 is 5.97 Å². The molecule has 0 saturated carbocycles. The van der Waals surface area contributed by atoms with E-state index < -0.39 is 0 Å². The van der Waals surface area contributed by atoms with Crippen LogP contribution in [0.2, 0.25) is 0 Å². The molecule has 2 rings (SSSR count). The summed E-state index contributed by atoms with van der Waals surface area (Å²) in [6, 6.07) is 11.1. The third-order valence-corrected chi connectivity index (χ3v) is 3.91. The Kier molecular flexibility index (Phi) is 6.49. The normalized spacial score (nSPS) is 10.2. The smallest absolute Gasteiger partial charge is 0.310 e. The van der Waals surface area contributed by atoms with Crippen LogP contribution >= 0.6 is 15.9 Å². The largest absolute Gasteiger partial charge is 0.493 e. The number of hydrogen-bond donors (Lipinski definition) is 0. The van der Waals surface area contributed by atoms with Gasteiger partial charge in [-0.1, -0.05) is 28.1 Å². The molecule has 128 valence electrons. The summed E-state index contributed by atoms with van der Waals surface area (Å²) in [5.41, 5.74) is 1.65. The number of hydrogen-bond acceptors (Lipinski definition) is 5. The SMILES string of the molecule is COc1cc(CC(=O)OCc2ccc(Br)cc2)cc(OC)c1OC. The van der Waals surface area contributed by atoms with E-state index in [2.05, 4.69) is 15.9 Å². The van der Waals surface area contributed by atoms with Crippen LogP contribution in [0.3, 0.4) is 0 Å². The van der Waals surface area contributed by atoms with Gasteiger partial charge in [-0.05, 0) is 35.4 Å². The van der Waals surface area contributed by atoms with Crippen molar-refractivity contribution in [1.82, 2.24) is 0 Å². The lowest BCUT2D eigenvalue weighted by Gasteiger charge is -2.14. The molecule has 0 heterocycles. The molecule has 0 radical (unpaired) electrons. The first-order valence-electron chi connectivity index (χ1n) is 7.26. The fraction of sp³-hybridized carbons (Fsp3) is 0.278. The predicted octanol–water partition coefficient (Wildman–Crippen LogP) is 3.76. The molecule has 0 unspecified atom stereocenters.